The minimum Gasteiger partial charge on any atom is -0.254 e. The molecular weight excluding hydrogens is 202 g/mol. The van der Waals surface area contributed by atoms with Crippen molar-refractivity contribution in [3.05, 3.63) is 53.6 Å². The zero-order valence-corrected chi connectivity index (χ0v) is 9.92. The molecule has 1 aromatic rings. The van der Waals surface area contributed by atoms with Crippen molar-refractivity contribution in [3.8, 4) is 0 Å². The summed E-state index contributed by atoms with van der Waals surface area (Å²) in [5, 5.41) is 0.955. The summed E-state index contributed by atoms with van der Waals surface area (Å²) >= 11 is 1.64. The number of nitrogens with zero attached hydrogens (tertiary/aromatic N) is 1. The van der Waals surface area contributed by atoms with Crippen molar-refractivity contribution >= 4 is 18.0 Å². The largest absolute Gasteiger partial charge is 0.254 e. The Morgan fingerprint density at radius 2 is 2.00 bits per heavy atom. The molecule has 0 fully saturated rings. The molecule has 0 saturated heterocycles. The lowest BCUT2D eigenvalue weighted by atomic mass is 10.2. The standard InChI is InChI=1S/C13H15NS/c1-4-6-13(14-5-2)15-12-9-7-11(3)8-10-12/h4-10H,1H2,2-3H3/b13-6+,14-5-. The van der Waals surface area contributed by atoms with Crippen LogP contribution in [0, 0.1) is 6.92 Å². The first kappa shape index (κ1) is 11.8. The number of thioether (sulfide) groups is 1. The number of aryl methyl sites for hydroxylation is 1. The first-order chi connectivity index (χ1) is 7.26. The van der Waals surface area contributed by atoms with Crippen LogP contribution in [0.5, 0.6) is 0 Å². The summed E-state index contributed by atoms with van der Waals surface area (Å²) in [6, 6.07) is 8.40. The van der Waals surface area contributed by atoms with Crippen molar-refractivity contribution in [3.63, 3.8) is 0 Å². The van der Waals surface area contributed by atoms with E-state index in [-0.39, 0.29) is 0 Å². The fourth-order valence-corrected chi connectivity index (χ4v) is 1.89. The summed E-state index contributed by atoms with van der Waals surface area (Å²) in [4.78, 5) is 5.45. The molecule has 2 heteroatoms. The maximum absolute atomic E-state index is 4.26. The van der Waals surface area contributed by atoms with Crippen molar-refractivity contribution in [2.24, 2.45) is 4.99 Å². The van der Waals surface area contributed by atoms with Crippen molar-refractivity contribution in [2.45, 2.75) is 18.7 Å². The van der Waals surface area contributed by atoms with E-state index < -0.39 is 0 Å². The molecule has 1 aromatic carbocycles. The summed E-state index contributed by atoms with van der Waals surface area (Å²) in [6.07, 6.45) is 5.45. The molecule has 0 atom stereocenters. The van der Waals surface area contributed by atoms with Crippen LogP contribution in [0.15, 0.2) is 57.9 Å². The molecule has 1 rings (SSSR count). The first-order valence-electron chi connectivity index (χ1n) is 4.82. The molecule has 15 heavy (non-hydrogen) atoms. The Hall–Kier alpha value is -1.28. The average molecular weight is 217 g/mol. The monoisotopic (exact) mass is 217 g/mol. The van der Waals surface area contributed by atoms with Crippen LogP contribution in [0.3, 0.4) is 0 Å². The van der Waals surface area contributed by atoms with Crippen LogP contribution < -0.4 is 0 Å². The van der Waals surface area contributed by atoms with Gasteiger partial charge in [0.15, 0.2) is 0 Å². The Morgan fingerprint density at radius 3 is 2.53 bits per heavy atom. The third kappa shape index (κ3) is 4.17. The molecule has 0 amide bonds. The quantitative estimate of drug-likeness (QED) is 0.418. The van der Waals surface area contributed by atoms with E-state index in [0.717, 1.165) is 5.03 Å². The van der Waals surface area contributed by atoms with E-state index in [1.807, 2.05) is 13.0 Å². The molecular formula is C13H15NS. The summed E-state index contributed by atoms with van der Waals surface area (Å²) in [7, 11) is 0. The summed E-state index contributed by atoms with van der Waals surface area (Å²) in [5.74, 6) is 0. The Labute approximate surface area is 95.6 Å². The first-order valence-corrected chi connectivity index (χ1v) is 5.64. The number of rotatable bonds is 4. The lowest BCUT2D eigenvalue weighted by molar-refractivity contribution is 1.37. The lowest BCUT2D eigenvalue weighted by Crippen LogP contribution is -1.76. The van der Waals surface area contributed by atoms with Gasteiger partial charge in [0.2, 0.25) is 0 Å². The molecule has 0 N–H and O–H groups in total. The Morgan fingerprint density at radius 1 is 1.33 bits per heavy atom. The molecule has 0 aromatic heterocycles. The lowest BCUT2D eigenvalue weighted by Gasteiger charge is -2.01. The molecule has 0 radical (unpaired) electrons. The van der Waals surface area contributed by atoms with E-state index in [1.54, 1.807) is 24.1 Å². The Balaban J connectivity index is 2.78. The molecule has 0 saturated carbocycles. The van der Waals surface area contributed by atoms with Gasteiger partial charge in [-0.05, 0) is 32.1 Å². The van der Waals surface area contributed by atoms with Crippen LogP contribution in [-0.2, 0) is 0 Å². The van der Waals surface area contributed by atoms with Crippen LogP contribution in [0.25, 0.3) is 0 Å². The zero-order chi connectivity index (χ0) is 11.1. The molecule has 0 aliphatic rings. The second kappa shape index (κ2) is 6.25. The number of allylic oxidation sites excluding steroid dienone is 2. The molecule has 0 aliphatic carbocycles. The van der Waals surface area contributed by atoms with Crippen LogP contribution in [0.4, 0.5) is 0 Å². The highest BCUT2D eigenvalue weighted by molar-refractivity contribution is 8.03. The third-order valence-corrected chi connectivity index (χ3v) is 2.72. The minimum absolute atomic E-state index is 0.955. The minimum atomic E-state index is 0.955. The summed E-state index contributed by atoms with van der Waals surface area (Å²) in [5.41, 5.74) is 1.27. The second-order valence-corrected chi connectivity index (χ2v) is 4.14. The molecule has 0 unspecified atom stereocenters. The van der Waals surface area contributed by atoms with Gasteiger partial charge in [-0.2, -0.15) is 0 Å². The van der Waals surface area contributed by atoms with Crippen LogP contribution in [0.2, 0.25) is 0 Å². The number of hydrogen-bond acceptors (Lipinski definition) is 2. The fraction of sp³-hybridized carbons (Fsp3) is 0.154. The average Bonchev–Trinajstić information content (AvgIpc) is 2.22. The Bertz CT molecular complexity index is 374. The van der Waals surface area contributed by atoms with Gasteiger partial charge in [0.05, 0.1) is 0 Å². The highest BCUT2D eigenvalue weighted by atomic mass is 32.2. The number of benzene rings is 1. The van der Waals surface area contributed by atoms with Gasteiger partial charge >= 0.3 is 0 Å². The third-order valence-electron chi connectivity index (χ3n) is 1.76. The molecule has 1 nitrogen and oxygen atoms in total. The van der Waals surface area contributed by atoms with E-state index in [2.05, 4.69) is 42.8 Å². The zero-order valence-electron chi connectivity index (χ0n) is 9.10. The maximum Gasteiger partial charge on any atom is 0.100 e. The fourth-order valence-electron chi connectivity index (χ4n) is 1.06. The molecule has 0 bridgehead atoms. The van der Waals surface area contributed by atoms with E-state index in [4.69, 9.17) is 0 Å². The summed E-state index contributed by atoms with van der Waals surface area (Å²) in [6.45, 7) is 7.67. The van der Waals surface area contributed by atoms with E-state index >= 15 is 0 Å². The normalized spacial score (nSPS) is 12.0. The highest BCUT2D eigenvalue weighted by Crippen LogP contribution is 2.27. The van der Waals surface area contributed by atoms with Crippen LogP contribution in [-0.4, -0.2) is 6.21 Å². The second-order valence-electron chi connectivity index (χ2n) is 3.04. The van der Waals surface area contributed by atoms with Crippen molar-refractivity contribution in [1.29, 1.82) is 0 Å². The van der Waals surface area contributed by atoms with Gasteiger partial charge in [-0.1, -0.05) is 42.1 Å². The number of aliphatic imine (C=N–C) groups is 1. The maximum atomic E-state index is 4.26. The predicted molar refractivity (Wildman–Crippen MR) is 69.5 cm³/mol. The van der Waals surface area contributed by atoms with Gasteiger partial charge in [0.25, 0.3) is 0 Å². The molecule has 78 valence electrons. The Kier molecular flexibility index (Phi) is 4.91. The van der Waals surface area contributed by atoms with Crippen LogP contribution >= 0.6 is 11.8 Å². The smallest absolute Gasteiger partial charge is 0.100 e. The van der Waals surface area contributed by atoms with Gasteiger partial charge in [-0.25, -0.2) is 0 Å². The molecule has 0 aliphatic heterocycles. The van der Waals surface area contributed by atoms with Crippen LogP contribution in [0.1, 0.15) is 12.5 Å². The van der Waals surface area contributed by atoms with E-state index in [0.29, 0.717) is 0 Å². The molecule has 0 spiro atoms. The van der Waals surface area contributed by atoms with Gasteiger partial charge in [-0.15, -0.1) is 0 Å². The van der Waals surface area contributed by atoms with Crippen molar-refractivity contribution in [1.82, 2.24) is 0 Å². The topological polar surface area (TPSA) is 12.4 Å². The van der Waals surface area contributed by atoms with E-state index in [1.165, 1.54) is 10.5 Å². The number of hydrogen-bond donors (Lipinski definition) is 0. The summed E-state index contributed by atoms with van der Waals surface area (Å²) < 4.78 is 0. The van der Waals surface area contributed by atoms with Gasteiger partial charge in [-0.3, -0.25) is 4.99 Å². The van der Waals surface area contributed by atoms with Gasteiger partial charge < -0.3 is 0 Å². The highest BCUT2D eigenvalue weighted by Gasteiger charge is 1.97. The van der Waals surface area contributed by atoms with Gasteiger partial charge in [0, 0.05) is 11.1 Å². The SMILES string of the molecule is C=C/C=C(\N=C/C)Sc1ccc(C)cc1. The van der Waals surface area contributed by atoms with E-state index in [9.17, 15) is 0 Å². The molecule has 0 heterocycles. The van der Waals surface area contributed by atoms with Gasteiger partial charge in [0.1, 0.15) is 5.03 Å². The van der Waals surface area contributed by atoms with Crippen molar-refractivity contribution < 1.29 is 0 Å². The van der Waals surface area contributed by atoms with Crippen molar-refractivity contribution in [2.75, 3.05) is 0 Å². The predicted octanol–water partition coefficient (Wildman–Crippen LogP) is 4.21.